The predicted octanol–water partition coefficient (Wildman–Crippen LogP) is 1.96. The van der Waals surface area contributed by atoms with Crippen LogP contribution in [0, 0.1) is 10.7 Å². The summed E-state index contributed by atoms with van der Waals surface area (Å²) in [7, 11) is 3.96. The lowest BCUT2D eigenvalue weighted by molar-refractivity contribution is 0.551. The first-order chi connectivity index (χ1) is 6.56. The van der Waals surface area contributed by atoms with Crippen molar-refractivity contribution in [2.24, 2.45) is 13.0 Å². The van der Waals surface area contributed by atoms with Crippen LogP contribution in [0.15, 0.2) is 0 Å². The molecular formula is C9H18N4S. The van der Waals surface area contributed by atoms with Crippen molar-refractivity contribution in [1.82, 2.24) is 14.8 Å². The zero-order chi connectivity index (χ0) is 10.7. The van der Waals surface area contributed by atoms with Gasteiger partial charge in [-0.3, -0.25) is 4.57 Å². The first kappa shape index (κ1) is 11.2. The number of aromatic nitrogens is 3. The van der Waals surface area contributed by atoms with Gasteiger partial charge in [-0.15, -0.1) is 5.10 Å². The van der Waals surface area contributed by atoms with Crippen LogP contribution in [0.5, 0.6) is 0 Å². The predicted molar refractivity (Wildman–Crippen MR) is 61.1 cm³/mol. The molecule has 1 N–H and O–H groups in total. The van der Waals surface area contributed by atoms with Gasteiger partial charge in [-0.25, -0.2) is 5.10 Å². The van der Waals surface area contributed by atoms with Crippen LogP contribution in [0.4, 0.5) is 5.95 Å². The Bertz CT molecular complexity index is 341. The SMILES string of the molecule is CCC(C)CN(C)c1n[nH]c(=S)n1C. The molecule has 14 heavy (non-hydrogen) atoms. The van der Waals surface area contributed by atoms with E-state index in [1.807, 2.05) is 18.7 Å². The Balaban J connectivity index is 2.74. The van der Waals surface area contributed by atoms with Crippen molar-refractivity contribution in [3.05, 3.63) is 4.77 Å². The second-order valence-electron chi connectivity index (χ2n) is 3.78. The van der Waals surface area contributed by atoms with Crippen molar-refractivity contribution in [2.75, 3.05) is 18.5 Å². The summed E-state index contributed by atoms with van der Waals surface area (Å²) in [5.41, 5.74) is 0. The lowest BCUT2D eigenvalue weighted by Crippen LogP contribution is -2.26. The zero-order valence-corrected chi connectivity index (χ0v) is 10.1. The fraction of sp³-hybridized carbons (Fsp3) is 0.778. The van der Waals surface area contributed by atoms with Crippen LogP contribution in [0.1, 0.15) is 20.3 Å². The molecule has 1 aromatic heterocycles. The van der Waals surface area contributed by atoms with Gasteiger partial charge in [-0.05, 0) is 18.1 Å². The third-order valence-electron chi connectivity index (χ3n) is 2.48. The van der Waals surface area contributed by atoms with Crippen molar-refractivity contribution < 1.29 is 0 Å². The Morgan fingerprint density at radius 2 is 2.29 bits per heavy atom. The van der Waals surface area contributed by atoms with Crippen LogP contribution in [0.2, 0.25) is 0 Å². The van der Waals surface area contributed by atoms with Crippen molar-refractivity contribution in [3.63, 3.8) is 0 Å². The molecule has 80 valence electrons. The van der Waals surface area contributed by atoms with Crippen LogP contribution in [0.25, 0.3) is 0 Å². The Labute approximate surface area is 89.9 Å². The minimum absolute atomic E-state index is 0.663. The van der Waals surface area contributed by atoms with Gasteiger partial charge in [0.15, 0.2) is 4.77 Å². The number of aromatic amines is 1. The van der Waals surface area contributed by atoms with Crippen LogP contribution < -0.4 is 4.90 Å². The Kier molecular flexibility index (Phi) is 3.69. The van der Waals surface area contributed by atoms with E-state index in [-0.39, 0.29) is 0 Å². The maximum absolute atomic E-state index is 5.05. The molecule has 0 saturated carbocycles. The maximum Gasteiger partial charge on any atom is 0.225 e. The van der Waals surface area contributed by atoms with E-state index < -0.39 is 0 Å². The minimum atomic E-state index is 0.663. The van der Waals surface area contributed by atoms with Gasteiger partial charge in [0.2, 0.25) is 5.95 Å². The first-order valence-electron chi connectivity index (χ1n) is 4.88. The minimum Gasteiger partial charge on any atom is -0.344 e. The highest BCUT2D eigenvalue weighted by molar-refractivity contribution is 7.71. The second kappa shape index (κ2) is 4.59. The number of hydrogen-bond donors (Lipinski definition) is 1. The average molecular weight is 214 g/mol. The largest absolute Gasteiger partial charge is 0.344 e. The summed E-state index contributed by atoms with van der Waals surface area (Å²) in [6.07, 6.45) is 1.18. The van der Waals surface area contributed by atoms with E-state index in [9.17, 15) is 0 Å². The van der Waals surface area contributed by atoms with Gasteiger partial charge >= 0.3 is 0 Å². The summed E-state index contributed by atoms with van der Waals surface area (Å²) in [6, 6.07) is 0. The third-order valence-corrected chi connectivity index (χ3v) is 2.85. The first-order valence-corrected chi connectivity index (χ1v) is 5.29. The number of nitrogens with one attached hydrogen (secondary N) is 1. The number of nitrogens with zero attached hydrogens (tertiary/aromatic N) is 3. The molecule has 0 aliphatic heterocycles. The molecule has 5 heteroatoms. The van der Waals surface area contributed by atoms with E-state index in [2.05, 4.69) is 28.9 Å². The van der Waals surface area contributed by atoms with E-state index in [4.69, 9.17) is 12.2 Å². The smallest absolute Gasteiger partial charge is 0.225 e. The van der Waals surface area contributed by atoms with E-state index in [0.717, 1.165) is 12.5 Å². The molecule has 1 unspecified atom stereocenters. The Morgan fingerprint density at radius 3 is 2.71 bits per heavy atom. The molecule has 0 saturated heterocycles. The third kappa shape index (κ3) is 2.35. The van der Waals surface area contributed by atoms with Gasteiger partial charge in [-0.1, -0.05) is 20.3 Å². The molecule has 1 rings (SSSR count). The quantitative estimate of drug-likeness (QED) is 0.778. The number of hydrogen-bond acceptors (Lipinski definition) is 3. The molecule has 0 amide bonds. The molecule has 0 aliphatic carbocycles. The standard InChI is InChI=1S/C9H18N4S/c1-5-7(2)6-12(3)8-10-11-9(14)13(8)4/h7H,5-6H2,1-4H3,(H,11,14). The van der Waals surface area contributed by atoms with E-state index in [0.29, 0.717) is 10.7 Å². The highest BCUT2D eigenvalue weighted by Gasteiger charge is 2.10. The number of rotatable bonds is 4. The molecule has 0 aromatic carbocycles. The summed E-state index contributed by atoms with van der Waals surface area (Å²) in [5.74, 6) is 1.57. The molecule has 0 radical (unpaired) electrons. The average Bonchev–Trinajstić information content (AvgIpc) is 2.47. The van der Waals surface area contributed by atoms with Gasteiger partial charge in [0.05, 0.1) is 0 Å². The molecule has 0 bridgehead atoms. The molecule has 0 spiro atoms. The number of anilines is 1. The van der Waals surface area contributed by atoms with Gasteiger partial charge in [0, 0.05) is 20.6 Å². The lowest BCUT2D eigenvalue weighted by atomic mass is 10.1. The topological polar surface area (TPSA) is 36.9 Å². The highest BCUT2D eigenvalue weighted by atomic mass is 32.1. The lowest BCUT2D eigenvalue weighted by Gasteiger charge is -2.20. The van der Waals surface area contributed by atoms with Crippen molar-refractivity contribution in [2.45, 2.75) is 20.3 Å². The van der Waals surface area contributed by atoms with Gasteiger partial charge in [0.25, 0.3) is 0 Å². The van der Waals surface area contributed by atoms with Crippen LogP contribution in [0.3, 0.4) is 0 Å². The van der Waals surface area contributed by atoms with Gasteiger partial charge in [0.1, 0.15) is 0 Å². The maximum atomic E-state index is 5.05. The van der Waals surface area contributed by atoms with Crippen molar-refractivity contribution >= 4 is 18.2 Å². The van der Waals surface area contributed by atoms with Crippen LogP contribution in [-0.2, 0) is 7.05 Å². The van der Waals surface area contributed by atoms with E-state index in [1.165, 1.54) is 6.42 Å². The molecule has 1 heterocycles. The van der Waals surface area contributed by atoms with Crippen LogP contribution in [-0.4, -0.2) is 28.4 Å². The monoisotopic (exact) mass is 214 g/mol. The summed E-state index contributed by atoms with van der Waals surface area (Å²) in [4.78, 5) is 2.13. The number of H-pyrrole nitrogens is 1. The molecule has 0 fully saturated rings. The zero-order valence-electron chi connectivity index (χ0n) is 9.24. The molecule has 1 atom stereocenters. The fourth-order valence-electron chi connectivity index (χ4n) is 1.36. The summed E-state index contributed by atoms with van der Waals surface area (Å²) in [6.45, 7) is 5.43. The van der Waals surface area contributed by atoms with Gasteiger partial charge in [-0.2, -0.15) is 0 Å². The molecule has 0 aliphatic rings. The van der Waals surface area contributed by atoms with E-state index in [1.54, 1.807) is 0 Å². The highest BCUT2D eigenvalue weighted by Crippen LogP contribution is 2.11. The molecule has 1 aromatic rings. The van der Waals surface area contributed by atoms with Crippen molar-refractivity contribution in [3.8, 4) is 0 Å². The van der Waals surface area contributed by atoms with Crippen molar-refractivity contribution in [1.29, 1.82) is 0 Å². The summed E-state index contributed by atoms with van der Waals surface area (Å²) in [5, 5.41) is 6.96. The van der Waals surface area contributed by atoms with Crippen LogP contribution >= 0.6 is 12.2 Å². The summed E-state index contributed by atoms with van der Waals surface area (Å²) >= 11 is 5.05. The summed E-state index contributed by atoms with van der Waals surface area (Å²) < 4.78 is 2.55. The fourth-order valence-corrected chi connectivity index (χ4v) is 1.49. The molecule has 4 nitrogen and oxygen atoms in total. The van der Waals surface area contributed by atoms with Gasteiger partial charge < -0.3 is 4.90 Å². The normalized spacial score (nSPS) is 12.9. The molecular weight excluding hydrogens is 196 g/mol. The Hall–Kier alpha value is -0.840. The second-order valence-corrected chi connectivity index (χ2v) is 4.17. The van der Waals surface area contributed by atoms with E-state index >= 15 is 0 Å². The Morgan fingerprint density at radius 1 is 1.64 bits per heavy atom.